The maximum Gasteiger partial charge on any atom is 0.293 e. The van der Waals surface area contributed by atoms with Gasteiger partial charge in [0.05, 0.1) is 15.6 Å². The lowest BCUT2D eigenvalue weighted by Gasteiger charge is -2.33. The van der Waals surface area contributed by atoms with Crippen molar-refractivity contribution in [2.75, 3.05) is 5.32 Å². The van der Waals surface area contributed by atoms with Gasteiger partial charge in [0, 0.05) is 10.4 Å². The SMILES string of the molecule is CC(C)(C)[C@@H]1CCc2c(sc(NC(=S)NC(=O)c3ccc(-c4ccc(Cl)c(Cl)c4)o3)c2C#N)C1. The number of anilines is 1. The molecule has 176 valence electrons. The molecule has 0 bridgehead atoms. The number of nitriles is 1. The summed E-state index contributed by atoms with van der Waals surface area (Å²) in [4.78, 5) is 13.9. The standard InChI is InChI=1S/C25H23Cl2N3O2S2/c1-25(2,3)14-5-6-15-16(12-28)23(34-21(15)11-14)30-24(33)29-22(31)20-9-8-19(32-20)13-4-7-17(26)18(27)10-13/h4,7-10,14H,5-6,11H2,1-3H3,(H2,29,30,31,33)/t14-/m1/s1. The number of thiocarbonyl (C=S) groups is 1. The molecule has 1 aromatic carbocycles. The molecule has 34 heavy (non-hydrogen) atoms. The molecule has 1 aliphatic carbocycles. The van der Waals surface area contributed by atoms with Crippen LogP contribution >= 0.6 is 46.8 Å². The fraction of sp³-hybridized carbons (Fsp3) is 0.320. The van der Waals surface area contributed by atoms with Crippen LogP contribution in [0.2, 0.25) is 10.0 Å². The summed E-state index contributed by atoms with van der Waals surface area (Å²) in [7, 11) is 0. The van der Waals surface area contributed by atoms with Crippen molar-refractivity contribution in [3.05, 3.63) is 62.1 Å². The number of rotatable bonds is 3. The smallest absolute Gasteiger partial charge is 0.293 e. The van der Waals surface area contributed by atoms with E-state index in [0.717, 1.165) is 24.8 Å². The number of carbonyl (C=O) groups is 1. The van der Waals surface area contributed by atoms with Crippen LogP contribution in [0, 0.1) is 22.7 Å². The number of nitrogens with one attached hydrogen (secondary N) is 2. The molecule has 0 saturated carbocycles. The molecule has 1 atom stereocenters. The Morgan fingerprint density at radius 2 is 2.00 bits per heavy atom. The first kappa shape index (κ1) is 24.7. The van der Waals surface area contributed by atoms with Crippen LogP contribution in [0.25, 0.3) is 11.3 Å². The Balaban J connectivity index is 1.45. The molecule has 0 fully saturated rings. The molecular formula is C25H23Cl2N3O2S2. The minimum atomic E-state index is -0.489. The van der Waals surface area contributed by atoms with Gasteiger partial charge < -0.3 is 9.73 Å². The molecule has 0 saturated heterocycles. The first-order valence-electron chi connectivity index (χ1n) is 10.8. The lowest BCUT2D eigenvalue weighted by atomic mass is 9.72. The molecule has 0 aliphatic heterocycles. The summed E-state index contributed by atoms with van der Waals surface area (Å²) in [5.41, 5.74) is 2.63. The number of halogens is 2. The molecule has 1 aliphatic rings. The minimum Gasteiger partial charge on any atom is -0.451 e. The highest BCUT2D eigenvalue weighted by Crippen LogP contribution is 2.44. The van der Waals surface area contributed by atoms with Crippen LogP contribution in [-0.4, -0.2) is 11.0 Å². The van der Waals surface area contributed by atoms with Crippen LogP contribution in [0.5, 0.6) is 0 Å². The zero-order chi connectivity index (χ0) is 24.6. The fourth-order valence-corrected chi connectivity index (χ4v) is 5.93. The van der Waals surface area contributed by atoms with E-state index in [0.29, 0.717) is 37.9 Å². The summed E-state index contributed by atoms with van der Waals surface area (Å²) >= 11 is 18.9. The van der Waals surface area contributed by atoms with E-state index in [9.17, 15) is 10.1 Å². The fourth-order valence-electron chi connectivity index (χ4n) is 4.10. The number of amides is 1. The van der Waals surface area contributed by atoms with Gasteiger partial charge in [-0.2, -0.15) is 5.26 Å². The minimum absolute atomic E-state index is 0.101. The van der Waals surface area contributed by atoms with E-state index in [4.69, 9.17) is 39.8 Å². The third kappa shape index (κ3) is 5.16. The van der Waals surface area contributed by atoms with Crippen molar-refractivity contribution in [2.24, 2.45) is 11.3 Å². The third-order valence-corrected chi connectivity index (χ3v) is 8.20. The van der Waals surface area contributed by atoms with Gasteiger partial charge in [-0.25, -0.2) is 0 Å². The molecule has 2 aromatic heterocycles. The van der Waals surface area contributed by atoms with Crippen LogP contribution in [0.1, 0.15) is 53.8 Å². The quantitative estimate of drug-likeness (QED) is 0.342. The number of carbonyl (C=O) groups excluding carboxylic acids is 1. The summed E-state index contributed by atoms with van der Waals surface area (Å²) < 4.78 is 5.68. The van der Waals surface area contributed by atoms with Gasteiger partial charge in [0.1, 0.15) is 16.8 Å². The third-order valence-electron chi connectivity index (χ3n) is 6.09. The van der Waals surface area contributed by atoms with E-state index in [1.54, 1.807) is 41.7 Å². The maximum absolute atomic E-state index is 12.7. The lowest BCUT2D eigenvalue weighted by Crippen LogP contribution is -2.33. The van der Waals surface area contributed by atoms with Gasteiger partial charge in [0.2, 0.25) is 0 Å². The van der Waals surface area contributed by atoms with Gasteiger partial charge in [-0.05, 0) is 78.7 Å². The molecule has 5 nitrogen and oxygen atoms in total. The number of hydrogen-bond donors (Lipinski definition) is 2. The molecule has 0 unspecified atom stereocenters. The van der Waals surface area contributed by atoms with Crippen molar-refractivity contribution in [3.63, 3.8) is 0 Å². The van der Waals surface area contributed by atoms with E-state index in [2.05, 4.69) is 37.5 Å². The van der Waals surface area contributed by atoms with E-state index >= 15 is 0 Å². The Kier molecular flexibility index (Phi) is 7.07. The van der Waals surface area contributed by atoms with E-state index in [1.807, 2.05) is 0 Å². The molecule has 2 N–H and O–H groups in total. The Labute approximate surface area is 218 Å². The highest BCUT2D eigenvalue weighted by molar-refractivity contribution is 7.80. The molecule has 9 heteroatoms. The van der Waals surface area contributed by atoms with Gasteiger partial charge in [-0.15, -0.1) is 11.3 Å². The first-order valence-corrected chi connectivity index (χ1v) is 12.8. The molecule has 4 rings (SSSR count). The first-order chi connectivity index (χ1) is 16.1. The number of thiophene rings is 1. The molecule has 0 radical (unpaired) electrons. The zero-order valence-corrected chi connectivity index (χ0v) is 22.1. The van der Waals surface area contributed by atoms with E-state index in [1.165, 1.54) is 4.88 Å². The largest absolute Gasteiger partial charge is 0.451 e. The van der Waals surface area contributed by atoms with Crippen molar-refractivity contribution in [1.82, 2.24) is 5.32 Å². The van der Waals surface area contributed by atoms with Gasteiger partial charge in [-0.3, -0.25) is 10.1 Å². The van der Waals surface area contributed by atoms with Crippen LogP contribution < -0.4 is 10.6 Å². The lowest BCUT2D eigenvalue weighted by molar-refractivity contribution is 0.0951. The molecule has 2 heterocycles. The number of furan rings is 1. The molecule has 3 aromatic rings. The van der Waals surface area contributed by atoms with Gasteiger partial charge in [0.25, 0.3) is 5.91 Å². The highest BCUT2D eigenvalue weighted by Gasteiger charge is 2.32. The molecule has 0 spiro atoms. The van der Waals surface area contributed by atoms with Gasteiger partial charge >= 0.3 is 0 Å². The average Bonchev–Trinajstić information content (AvgIpc) is 3.39. The topological polar surface area (TPSA) is 78.1 Å². The average molecular weight is 533 g/mol. The van der Waals surface area contributed by atoms with Crippen molar-refractivity contribution >= 4 is 62.8 Å². The number of nitrogens with zero attached hydrogens (tertiary/aromatic N) is 1. The second-order valence-corrected chi connectivity index (χ2v) is 11.7. The predicted octanol–water partition coefficient (Wildman–Crippen LogP) is 7.46. The normalized spacial score (nSPS) is 15.4. The van der Waals surface area contributed by atoms with Crippen molar-refractivity contribution in [2.45, 2.75) is 40.0 Å². The monoisotopic (exact) mass is 531 g/mol. The molecular weight excluding hydrogens is 509 g/mol. The Hall–Kier alpha value is -2.37. The van der Waals surface area contributed by atoms with Gasteiger partial charge in [-0.1, -0.05) is 44.0 Å². The van der Waals surface area contributed by atoms with Crippen LogP contribution in [0.4, 0.5) is 5.00 Å². The molecule has 1 amide bonds. The zero-order valence-electron chi connectivity index (χ0n) is 18.9. The van der Waals surface area contributed by atoms with Crippen molar-refractivity contribution in [1.29, 1.82) is 5.26 Å². The van der Waals surface area contributed by atoms with Gasteiger partial charge in [0.15, 0.2) is 10.9 Å². The van der Waals surface area contributed by atoms with E-state index < -0.39 is 5.91 Å². The highest BCUT2D eigenvalue weighted by atomic mass is 35.5. The van der Waals surface area contributed by atoms with Crippen molar-refractivity contribution in [3.8, 4) is 17.4 Å². The number of hydrogen-bond acceptors (Lipinski definition) is 5. The Bertz CT molecular complexity index is 1310. The summed E-state index contributed by atoms with van der Waals surface area (Å²) in [5.74, 6) is 0.655. The number of benzene rings is 1. The summed E-state index contributed by atoms with van der Waals surface area (Å²) in [6.45, 7) is 6.77. The van der Waals surface area contributed by atoms with E-state index in [-0.39, 0.29) is 16.3 Å². The van der Waals surface area contributed by atoms with Crippen LogP contribution in [0.15, 0.2) is 34.7 Å². The summed E-state index contributed by atoms with van der Waals surface area (Å²) in [6, 6.07) is 10.6. The Morgan fingerprint density at radius 1 is 1.24 bits per heavy atom. The summed E-state index contributed by atoms with van der Waals surface area (Å²) in [6.07, 6.45) is 2.88. The number of fused-ring (bicyclic) bond motifs is 1. The summed E-state index contributed by atoms with van der Waals surface area (Å²) in [5, 5.41) is 17.1. The Morgan fingerprint density at radius 3 is 2.68 bits per heavy atom. The predicted molar refractivity (Wildman–Crippen MR) is 142 cm³/mol. The van der Waals surface area contributed by atoms with Crippen LogP contribution in [-0.2, 0) is 12.8 Å². The van der Waals surface area contributed by atoms with Crippen LogP contribution in [0.3, 0.4) is 0 Å². The maximum atomic E-state index is 12.7. The second-order valence-electron chi connectivity index (χ2n) is 9.33. The van der Waals surface area contributed by atoms with Crippen molar-refractivity contribution < 1.29 is 9.21 Å². The second kappa shape index (κ2) is 9.71.